The minimum Gasteiger partial charge on any atom is -0.353 e. The van der Waals surface area contributed by atoms with Crippen LogP contribution in [0.1, 0.15) is 50.0 Å². The number of nitrogens with zero attached hydrogens (tertiary/aromatic N) is 4. The summed E-state index contributed by atoms with van der Waals surface area (Å²) in [5.74, 6) is 1.04. The Morgan fingerprint density at radius 3 is 2.43 bits per heavy atom. The van der Waals surface area contributed by atoms with E-state index in [1.54, 1.807) is 11.3 Å². The van der Waals surface area contributed by atoms with Crippen molar-refractivity contribution in [3.8, 4) is 0 Å². The van der Waals surface area contributed by atoms with Crippen molar-refractivity contribution in [1.82, 2.24) is 14.7 Å². The number of piperazine rings is 1. The molecule has 0 saturated carbocycles. The minimum absolute atomic E-state index is 0.0110. The smallest absolute Gasteiger partial charge is 0.229 e. The molecule has 7 nitrogen and oxygen atoms in total. The number of hydrogen-bond donors (Lipinski definition) is 1. The minimum atomic E-state index is -0.202. The highest BCUT2D eigenvalue weighted by Crippen LogP contribution is 2.39. The van der Waals surface area contributed by atoms with Gasteiger partial charge in [0, 0.05) is 50.4 Å². The van der Waals surface area contributed by atoms with Gasteiger partial charge < -0.3 is 10.2 Å². The van der Waals surface area contributed by atoms with E-state index < -0.39 is 0 Å². The highest BCUT2D eigenvalue weighted by atomic mass is 32.1. The molecule has 0 radical (unpaired) electrons. The standard InChI is InChI=1S/C27H35N5O2S/c1-19-16-20-25(28-21-8-4-5-9-22(21)29-26(20)35-19)31-14-12-30(13-15-31)10-6-7-11-32-23(33)17-27(2,3)18-24(32)34/h4-5,8-9,16,29H,6-7,10-15,17-18H2,1-3H3. The van der Waals surface area contributed by atoms with Gasteiger partial charge in [-0.3, -0.25) is 19.4 Å². The summed E-state index contributed by atoms with van der Waals surface area (Å²) in [5, 5.41) is 4.75. The Kier molecular flexibility index (Phi) is 6.68. The molecular weight excluding hydrogens is 458 g/mol. The summed E-state index contributed by atoms with van der Waals surface area (Å²) in [4.78, 5) is 37.5. The van der Waals surface area contributed by atoms with Crippen LogP contribution in [0.5, 0.6) is 0 Å². The van der Waals surface area contributed by atoms with Crippen molar-refractivity contribution >= 4 is 45.4 Å². The number of piperidine rings is 1. The number of aryl methyl sites for hydroxylation is 1. The second kappa shape index (κ2) is 9.74. The number of amidine groups is 1. The van der Waals surface area contributed by atoms with Crippen LogP contribution in [0.25, 0.3) is 0 Å². The fourth-order valence-electron chi connectivity index (χ4n) is 5.24. The highest BCUT2D eigenvalue weighted by Gasteiger charge is 2.37. The normalized spacial score (nSPS) is 20.1. The molecule has 5 rings (SSSR count). The first-order valence-corrected chi connectivity index (χ1v) is 13.5. The zero-order valence-corrected chi connectivity index (χ0v) is 21.8. The van der Waals surface area contributed by atoms with Crippen LogP contribution >= 0.6 is 11.3 Å². The van der Waals surface area contributed by atoms with Gasteiger partial charge in [-0.15, -0.1) is 11.3 Å². The topological polar surface area (TPSA) is 68.2 Å². The van der Waals surface area contributed by atoms with Gasteiger partial charge in [-0.2, -0.15) is 0 Å². The number of nitrogens with one attached hydrogen (secondary N) is 1. The Balaban J connectivity index is 1.15. The molecule has 2 saturated heterocycles. The number of thiophene rings is 1. The summed E-state index contributed by atoms with van der Waals surface area (Å²) in [6, 6.07) is 10.5. The van der Waals surface area contributed by atoms with Gasteiger partial charge in [-0.25, -0.2) is 4.99 Å². The van der Waals surface area contributed by atoms with Gasteiger partial charge in [0.1, 0.15) is 10.8 Å². The number of unbranched alkanes of at least 4 members (excludes halogenated alkanes) is 1. The number of rotatable bonds is 5. The summed E-state index contributed by atoms with van der Waals surface area (Å²) >= 11 is 1.78. The van der Waals surface area contributed by atoms with Gasteiger partial charge in [0.25, 0.3) is 0 Å². The number of para-hydroxylation sites is 2. The summed E-state index contributed by atoms with van der Waals surface area (Å²) < 4.78 is 0. The first-order chi connectivity index (χ1) is 16.8. The molecule has 2 fully saturated rings. The van der Waals surface area contributed by atoms with E-state index in [1.165, 1.54) is 20.3 Å². The Morgan fingerprint density at radius 2 is 1.69 bits per heavy atom. The van der Waals surface area contributed by atoms with Crippen molar-refractivity contribution in [1.29, 1.82) is 0 Å². The summed E-state index contributed by atoms with van der Waals surface area (Å²) in [5.41, 5.74) is 3.03. The highest BCUT2D eigenvalue weighted by molar-refractivity contribution is 7.16. The predicted molar refractivity (Wildman–Crippen MR) is 142 cm³/mol. The molecule has 8 heteroatoms. The molecule has 0 bridgehead atoms. The first-order valence-electron chi connectivity index (χ1n) is 12.7. The van der Waals surface area contributed by atoms with Crippen LogP contribution < -0.4 is 5.32 Å². The lowest BCUT2D eigenvalue weighted by Gasteiger charge is -2.37. The third kappa shape index (κ3) is 5.28. The van der Waals surface area contributed by atoms with E-state index in [9.17, 15) is 9.59 Å². The molecule has 4 heterocycles. The Morgan fingerprint density at radius 1 is 1.00 bits per heavy atom. The molecule has 3 aliphatic heterocycles. The lowest BCUT2D eigenvalue weighted by molar-refractivity contribution is -0.152. The number of carbonyl (C=O) groups is 2. The number of aliphatic imine (C=N–C) groups is 1. The monoisotopic (exact) mass is 493 g/mol. The summed E-state index contributed by atoms with van der Waals surface area (Å²) in [6.07, 6.45) is 2.79. The van der Waals surface area contributed by atoms with Crippen LogP contribution in [0.15, 0.2) is 35.3 Å². The summed E-state index contributed by atoms with van der Waals surface area (Å²) in [7, 11) is 0. The zero-order chi connectivity index (χ0) is 24.6. The Bertz CT molecular complexity index is 1130. The number of likely N-dealkylation sites (tertiary alicyclic amines) is 1. The molecule has 186 valence electrons. The molecule has 1 aromatic heterocycles. The van der Waals surface area contributed by atoms with E-state index in [1.807, 2.05) is 26.0 Å². The second-order valence-electron chi connectivity index (χ2n) is 10.7. The van der Waals surface area contributed by atoms with Crippen LogP contribution in [-0.4, -0.2) is 71.6 Å². The molecule has 2 amide bonds. The molecule has 1 aromatic carbocycles. The maximum atomic E-state index is 12.4. The van der Waals surface area contributed by atoms with E-state index in [0.717, 1.165) is 62.8 Å². The van der Waals surface area contributed by atoms with Crippen LogP contribution in [-0.2, 0) is 9.59 Å². The van der Waals surface area contributed by atoms with Crippen molar-refractivity contribution in [3.05, 3.63) is 40.8 Å². The average molecular weight is 494 g/mol. The molecule has 0 aliphatic carbocycles. The number of imide groups is 1. The maximum absolute atomic E-state index is 12.4. The van der Waals surface area contributed by atoms with Crippen molar-refractivity contribution in [2.24, 2.45) is 10.4 Å². The average Bonchev–Trinajstić information content (AvgIpc) is 3.09. The van der Waals surface area contributed by atoms with Crippen molar-refractivity contribution in [2.45, 2.75) is 46.5 Å². The number of benzene rings is 1. The number of anilines is 2. The van der Waals surface area contributed by atoms with E-state index in [-0.39, 0.29) is 17.2 Å². The second-order valence-corrected chi connectivity index (χ2v) is 11.9. The molecular formula is C27H35N5O2S. The molecule has 0 spiro atoms. The van der Waals surface area contributed by atoms with Crippen molar-refractivity contribution in [3.63, 3.8) is 0 Å². The molecule has 3 aliphatic rings. The van der Waals surface area contributed by atoms with Gasteiger partial charge in [0.15, 0.2) is 0 Å². The van der Waals surface area contributed by atoms with Crippen LogP contribution in [0, 0.1) is 12.3 Å². The molecule has 35 heavy (non-hydrogen) atoms. The van der Waals surface area contributed by atoms with E-state index >= 15 is 0 Å². The number of hydrogen-bond acceptors (Lipinski definition) is 7. The van der Waals surface area contributed by atoms with Gasteiger partial charge in [0.05, 0.1) is 16.9 Å². The van der Waals surface area contributed by atoms with E-state index in [2.05, 4.69) is 40.2 Å². The van der Waals surface area contributed by atoms with Gasteiger partial charge in [-0.05, 0) is 49.9 Å². The quantitative estimate of drug-likeness (QED) is 0.480. The van der Waals surface area contributed by atoms with Gasteiger partial charge in [-0.1, -0.05) is 26.0 Å². The van der Waals surface area contributed by atoms with Crippen molar-refractivity contribution < 1.29 is 9.59 Å². The maximum Gasteiger partial charge on any atom is 0.229 e. The van der Waals surface area contributed by atoms with E-state index in [4.69, 9.17) is 4.99 Å². The summed E-state index contributed by atoms with van der Waals surface area (Å²) in [6.45, 7) is 11.5. The van der Waals surface area contributed by atoms with Crippen LogP contribution in [0.4, 0.5) is 16.4 Å². The molecule has 1 N–H and O–H groups in total. The van der Waals surface area contributed by atoms with Crippen LogP contribution in [0.2, 0.25) is 0 Å². The zero-order valence-electron chi connectivity index (χ0n) is 21.0. The Labute approximate surface area is 211 Å². The number of carbonyl (C=O) groups excluding carboxylic acids is 2. The first kappa shape index (κ1) is 24.0. The lowest BCUT2D eigenvalue weighted by Crippen LogP contribution is -2.49. The van der Waals surface area contributed by atoms with Gasteiger partial charge in [0.2, 0.25) is 11.8 Å². The van der Waals surface area contributed by atoms with Crippen molar-refractivity contribution in [2.75, 3.05) is 44.6 Å². The Hall–Kier alpha value is -2.71. The lowest BCUT2D eigenvalue weighted by atomic mass is 9.82. The SMILES string of the molecule is Cc1cc2c(s1)Nc1ccccc1N=C2N1CCN(CCCCN2C(=O)CC(C)(C)CC2=O)CC1. The fourth-order valence-corrected chi connectivity index (χ4v) is 6.16. The molecule has 2 aromatic rings. The van der Waals surface area contributed by atoms with Gasteiger partial charge >= 0.3 is 0 Å². The largest absolute Gasteiger partial charge is 0.353 e. The van der Waals surface area contributed by atoms with E-state index in [0.29, 0.717) is 19.4 Å². The predicted octanol–water partition coefficient (Wildman–Crippen LogP) is 4.76. The molecule has 0 atom stereocenters. The third-order valence-corrected chi connectivity index (χ3v) is 8.08. The fraction of sp³-hybridized carbons (Fsp3) is 0.519. The number of amides is 2. The molecule has 0 unspecified atom stereocenters. The van der Waals surface area contributed by atoms with Crippen LogP contribution in [0.3, 0.4) is 0 Å². The third-order valence-electron chi connectivity index (χ3n) is 7.11. The number of fused-ring (bicyclic) bond motifs is 2.